The average molecular weight is 593 g/mol. The molecule has 4 aromatic rings. The SMILES string of the molecule is CC.CC(C)=CCC1=Nc2ccccc2N(C)C1.CCCc1ncc(C)n1Cc1ccc(-c2ccccc2C(=O)OC)cc1. The second kappa shape index (κ2) is 17.0. The quantitative estimate of drug-likeness (QED) is 0.151. The first-order valence-electron chi connectivity index (χ1n) is 15.6. The van der Waals surface area contributed by atoms with Crippen LogP contribution < -0.4 is 4.90 Å². The lowest BCUT2D eigenvalue weighted by molar-refractivity contribution is 0.0601. The number of nitrogens with zero attached hydrogens (tertiary/aromatic N) is 4. The minimum Gasteiger partial charge on any atom is -0.465 e. The summed E-state index contributed by atoms with van der Waals surface area (Å²) in [7, 11) is 3.53. The van der Waals surface area contributed by atoms with Crippen LogP contribution in [0, 0.1) is 6.92 Å². The van der Waals surface area contributed by atoms with E-state index in [1.54, 1.807) is 6.07 Å². The molecule has 2 heterocycles. The van der Waals surface area contributed by atoms with Gasteiger partial charge in [0.05, 0.1) is 30.6 Å². The predicted molar refractivity (Wildman–Crippen MR) is 185 cm³/mol. The van der Waals surface area contributed by atoms with E-state index in [0.717, 1.165) is 55.0 Å². The highest BCUT2D eigenvalue weighted by molar-refractivity contribution is 5.97. The number of rotatable bonds is 8. The number of carbonyl (C=O) groups excluding carboxylic acids is 1. The van der Waals surface area contributed by atoms with E-state index in [0.29, 0.717) is 5.56 Å². The smallest absolute Gasteiger partial charge is 0.338 e. The van der Waals surface area contributed by atoms with Gasteiger partial charge in [-0.1, -0.05) is 87.0 Å². The summed E-state index contributed by atoms with van der Waals surface area (Å²) in [5.74, 6) is 0.813. The summed E-state index contributed by atoms with van der Waals surface area (Å²) in [6, 6.07) is 24.2. The van der Waals surface area contributed by atoms with Crippen LogP contribution in [-0.2, 0) is 17.7 Å². The van der Waals surface area contributed by atoms with E-state index >= 15 is 0 Å². The molecule has 0 bridgehead atoms. The van der Waals surface area contributed by atoms with E-state index < -0.39 is 0 Å². The van der Waals surface area contributed by atoms with Crippen LogP contribution >= 0.6 is 0 Å². The Morgan fingerprint density at radius 2 is 1.66 bits per heavy atom. The Morgan fingerprint density at radius 1 is 0.977 bits per heavy atom. The van der Waals surface area contributed by atoms with E-state index in [1.807, 2.05) is 44.3 Å². The maximum Gasteiger partial charge on any atom is 0.338 e. The molecule has 0 spiro atoms. The van der Waals surface area contributed by atoms with Crippen molar-refractivity contribution in [2.45, 2.75) is 67.3 Å². The zero-order chi connectivity index (χ0) is 32.1. The summed E-state index contributed by atoms with van der Waals surface area (Å²) in [6.07, 6.45) is 7.20. The average Bonchev–Trinajstić information content (AvgIpc) is 3.39. The molecule has 0 aliphatic carbocycles. The number of aromatic nitrogens is 2. The topological polar surface area (TPSA) is 59.7 Å². The Morgan fingerprint density at radius 3 is 2.34 bits per heavy atom. The maximum absolute atomic E-state index is 12.0. The summed E-state index contributed by atoms with van der Waals surface area (Å²) in [5, 5.41) is 0. The van der Waals surface area contributed by atoms with Gasteiger partial charge in [-0.25, -0.2) is 9.78 Å². The molecule has 6 nitrogen and oxygen atoms in total. The summed E-state index contributed by atoms with van der Waals surface area (Å²) in [6.45, 7) is 14.2. The van der Waals surface area contributed by atoms with E-state index in [4.69, 9.17) is 9.73 Å². The lowest BCUT2D eigenvalue weighted by Crippen LogP contribution is -2.28. The number of fused-ring (bicyclic) bond motifs is 1. The number of hydrogen-bond acceptors (Lipinski definition) is 5. The Labute approximate surface area is 264 Å². The number of carbonyl (C=O) groups is 1. The molecule has 0 radical (unpaired) electrons. The molecule has 0 unspecified atom stereocenters. The summed E-state index contributed by atoms with van der Waals surface area (Å²) < 4.78 is 7.16. The molecule has 0 N–H and O–H groups in total. The summed E-state index contributed by atoms with van der Waals surface area (Å²) in [5.41, 5.74) is 9.76. The summed E-state index contributed by atoms with van der Waals surface area (Å²) >= 11 is 0. The van der Waals surface area contributed by atoms with Gasteiger partial charge < -0.3 is 14.2 Å². The van der Waals surface area contributed by atoms with Crippen LogP contribution in [0.1, 0.15) is 74.9 Å². The first-order valence-corrected chi connectivity index (χ1v) is 15.6. The molecule has 5 rings (SSSR count). The lowest BCUT2D eigenvalue weighted by atomic mass is 9.98. The highest BCUT2D eigenvalue weighted by Gasteiger charge is 2.15. The van der Waals surface area contributed by atoms with Crippen LogP contribution in [0.25, 0.3) is 11.1 Å². The normalized spacial score (nSPS) is 11.6. The third-order valence-corrected chi connectivity index (χ3v) is 7.29. The van der Waals surface area contributed by atoms with Crippen molar-refractivity contribution >= 4 is 23.1 Å². The Balaban J connectivity index is 0.000000251. The number of anilines is 1. The van der Waals surface area contributed by atoms with Crippen molar-refractivity contribution in [3.8, 4) is 11.1 Å². The van der Waals surface area contributed by atoms with E-state index in [9.17, 15) is 4.79 Å². The van der Waals surface area contributed by atoms with Crippen molar-refractivity contribution in [2.24, 2.45) is 4.99 Å². The molecule has 0 amide bonds. The van der Waals surface area contributed by atoms with Crippen LogP contribution in [0.4, 0.5) is 11.4 Å². The molecule has 1 aliphatic heterocycles. The summed E-state index contributed by atoms with van der Waals surface area (Å²) in [4.78, 5) is 23.5. The van der Waals surface area contributed by atoms with Gasteiger partial charge in [-0.3, -0.25) is 4.99 Å². The molecule has 0 saturated heterocycles. The number of para-hydroxylation sites is 2. The second-order valence-electron chi connectivity index (χ2n) is 10.9. The van der Waals surface area contributed by atoms with Gasteiger partial charge in [-0.15, -0.1) is 0 Å². The molecular formula is C38H48N4O2. The van der Waals surface area contributed by atoms with Crippen LogP contribution in [0.3, 0.4) is 0 Å². The van der Waals surface area contributed by atoms with Gasteiger partial charge in [0.1, 0.15) is 5.82 Å². The molecule has 0 saturated carbocycles. The fourth-order valence-corrected chi connectivity index (χ4v) is 5.02. The van der Waals surface area contributed by atoms with Crippen molar-refractivity contribution in [3.05, 3.63) is 113 Å². The number of esters is 1. The third-order valence-electron chi connectivity index (χ3n) is 7.29. The van der Waals surface area contributed by atoms with Gasteiger partial charge in [0, 0.05) is 44.0 Å². The maximum atomic E-state index is 12.0. The van der Waals surface area contributed by atoms with Crippen molar-refractivity contribution in [1.82, 2.24) is 9.55 Å². The molecule has 0 atom stereocenters. The van der Waals surface area contributed by atoms with Gasteiger partial charge in [0.15, 0.2) is 0 Å². The van der Waals surface area contributed by atoms with Gasteiger partial charge in [-0.2, -0.15) is 0 Å². The van der Waals surface area contributed by atoms with Crippen molar-refractivity contribution in [3.63, 3.8) is 0 Å². The van der Waals surface area contributed by atoms with Crippen LogP contribution in [0.15, 0.2) is 95.6 Å². The molecule has 0 fully saturated rings. The largest absolute Gasteiger partial charge is 0.465 e. The minimum absolute atomic E-state index is 0.317. The van der Waals surface area contributed by atoms with Crippen molar-refractivity contribution in [2.75, 3.05) is 25.6 Å². The number of hydrogen-bond donors (Lipinski definition) is 0. The van der Waals surface area contributed by atoms with Gasteiger partial charge in [0.25, 0.3) is 0 Å². The fourth-order valence-electron chi connectivity index (χ4n) is 5.02. The Bertz CT molecular complexity index is 1560. The minimum atomic E-state index is -0.317. The number of ether oxygens (including phenoxy) is 1. The Hall–Kier alpha value is -4.45. The van der Waals surface area contributed by atoms with Crippen molar-refractivity contribution in [1.29, 1.82) is 0 Å². The van der Waals surface area contributed by atoms with Gasteiger partial charge >= 0.3 is 5.97 Å². The third kappa shape index (κ3) is 9.03. The number of imidazole rings is 1. The van der Waals surface area contributed by atoms with Crippen LogP contribution in [0.2, 0.25) is 0 Å². The molecular weight excluding hydrogens is 544 g/mol. The number of benzene rings is 3. The lowest BCUT2D eigenvalue weighted by Gasteiger charge is -2.26. The highest BCUT2D eigenvalue weighted by atomic mass is 16.5. The molecule has 1 aliphatic rings. The number of aliphatic imine (C=N–C) groups is 1. The molecule has 3 aromatic carbocycles. The predicted octanol–water partition coefficient (Wildman–Crippen LogP) is 9.24. The van der Waals surface area contributed by atoms with E-state index in [-0.39, 0.29) is 5.97 Å². The highest BCUT2D eigenvalue weighted by Crippen LogP contribution is 2.31. The number of allylic oxidation sites excluding steroid dienone is 2. The number of methoxy groups -OCH3 is 1. The fraction of sp³-hybridized carbons (Fsp3) is 0.342. The number of aryl methyl sites for hydroxylation is 2. The Kier molecular flexibility index (Phi) is 13.2. The monoisotopic (exact) mass is 592 g/mol. The van der Waals surface area contributed by atoms with E-state index in [2.05, 4.69) is 97.7 Å². The molecule has 232 valence electrons. The first-order chi connectivity index (χ1) is 21.3. The molecule has 1 aromatic heterocycles. The standard InChI is InChI=1S/C22H24N2O2.C14H18N2.C2H6/c1-4-7-21-23-14-16(2)24(21)15-17-10-12-18(13-11-17)19-8-5-6-9-20(19)22(25)26-3;1-11(2)8-9-12-10-16(3)14-7-5-4-6-13(14)15-12;1-2/h5-6,8-14H,4,7,15H2,1-3H3;4-8H,9-10H2,1-3H3;1-2H3. The van der Waals surface area contributed by atoms with Crippen molar-refractivity contribution < 1.29 is 9.53 Å². The second-order valence-corrected chi connectivity index (χ2v) is 10.9. The van der Waals surface area contributed by atoms with Gasteiger partial charge in [-0.05, 0) is 62.1 Å². The van der Waals surface area contributed by atoms with Crippen LogP contribution in [0.5, 0.6) is 0 Å². The molecule has 44 heavy (non-hydrogen) atoms. The zero-order valence-electron chi connectivity index (χ0n) is 27.7. The van der Waals surface area contributed by atoms with Gasteiger partial charge in [0.2, 0.25) is 0 Å². The van der Waals surface area contributed by atoms with E-state index in [1.165, 1.54) is 35.3 Å². The zero-order valence-corrected chi connectivity index (χ0v) is 27.7. The first kappa shape index (κ1) is 34.0. The van der Waals surface area contributed by atoms with Crippen LogP contribution in [-0.4, -0.2) is 41.9 Å². The molecule has 6 heteroatoms.